The van der Waals surface area contributed by atoms with Crippen LogP contribution in [-0.4, -0.2) is 30.0 Å². The van der Waals surface area contributed by atoms with Crippen LogP contribution < -0.4 is 5.73 Å². The van der Waals surface area contributed by atoms with Crippen LogP contribution in [0.4, 0.5) is 4.39 Å². The first-order valence-electron chi connectivity index (χ1n) is 6.19. The summed E-state index contributed by atoms with van der Waals surface area (Å²) in [6.07, 6.45) is 4.39. The average molecular weight is 235 g/mol. The molecule has 2 heterocycles. The van der Waals surface area contributed by atoms with Gasteiger partial charge >= 0.3 is 0 Å². The van der Waals surface area contributed by atoms with E-state index in [4.69, 9.17) is 5.73 Å². The minimum atomic E-state index is -0.274. The molecule has 3 rings (SSSR count). The van der Waals surface area contributed by atoms with Crippen LogP contribution in [0.5, 0.6) is 0 Å². The third kappa shape index (κ3) is 1.67. The van der Waals surface area contributed by atoms with E-state index in [0.717, 1.165) is 43.6 Å². The van der Waals surface area contributed by atoms with Crippen LogP contribution in [0, 0.1) is 11.2 Å². The molecule has 1 spiro atoms. The Morgan fingerprint density at radius 3 is 2.88 bits per heavy atom. The summed E-state index contributed by atoms with van der Waals surface area (Å²) in [5.41, 5.74) is 8.39. The second kappa shape index (κ2) is 3.75. The number of likely N-dealkylation sites (tertiary alicyclic amines) is 1. The Hall–Kier alpha value is -1.00. The summed E-state index contributed by atoms with van der Waals surface area (Å²) >= 11 is 0. The third-order valence-electron chi connectivity index (χ3n) is 4.47. The monoisotopic (exact) mass is 235 g/mol. The molecular formula is C13H18FN3. The predicted octanol–water partition coefficient (Wildman–Crippen LogP) is 1.49. The number of rotatable bonds is 0. The molecule has 2 N–H and O–H groups in total. The molecule has 1 aromatic rings. The van der Waals surface area contributed by atoms with Gasteiger partial charge in [0, 0.05) is 11.7 Å². The lowest BCUT2D eigenvalue weighted by molar-refractivity contribution is 0.105. The van der Waals surface area contributed by atoms with E-state index in [1.165, 1.54) is 6.20 Å². The van der Waals surface area contributed by atoms with Crippen molar-refractivity contribution in [1.29, 1.82) is 0 Å². The first-order valence-corrected chi connectivity index (χ1v) is 6.19. The molecule has 0 radical (unpaired) electrons. The van der Waals surface area contributed by atoms with Crippen molar-refractivity contribution in [1.82, 2.24) is 9.88 Å². The summed E-state index contributed by atoms with van der Waals surface area (Å²) in [6, 6.07) is 1.52. The minimum absolute atomic E-state index is 0.0469. The molecule has 1 aliphatic carbocycles. The fraction of sp³-hybridized carbons (Fsp3) is 0.615. The van der Waals surface area contributed by atoms with Crippen molar-refractivity contribution < 1.29 is 4.39 Å². The molecule has 1 fully saturated rings. The van der Waals surface area contributed by atoms with Crippen molar-refractivity contribution in [2.45, 2.75) is 25.3 Å². The molecule has 0 saturated carbocycles. The molecule has 0 aromatic carbocycles. The molecule has 3 nitrogen and oxygen atoms in total. The Kier molecular flexibility index (Phi) is 2.45. The highest BCUT2D eigenvalue weighted by atomic mass is 19.1. The van der Waals surface area contributed by atoms with E-state index >= 15 is 0 Å². The van der Waals surface area contributed by atoms with Crippen molar-refractivity contribution in [2.24, 2.45) is 11.1 Å². The van der Waals surface area contributed by atoms with Crippen LogP contribution >= 0.6 is 0 Å². The fourth-order valence-corrected chi connectivity index (χ4v) is 3.23. The van der Waals surface area contributed by atoms with Gasteiger partial charge in [0.15, 0.2) is 0 Å². The SMILES string of the molecule is CN1CCC2(CC1)Cc1ncc(F)cc1C2N. The zero-order chi connectivity index (χ0) is 12.0. The van der Waals surface area contributed by atoms with E-state index in [9.17, 15) is 4.39 Å². The van der Waals surface area contributed by atoms with Gasteiger partial charge in [-0.1, -0.05) is 0 Å². The van der Waals surface area contributed by atoms with Gasteiger partial charge in [0.2, 0.25) is 0 Å². The lowest BCUT2D eigenvalue weighted by Crippen LogP contribution is -2.42. The molecule has 1 aromatic heterocycles. The Labute approximate surface area is 101 Å². The first-order chi connectivity index (χ1) is 8.11. The van der Waals surface area contributed by atoms with Gasteiger partial charge < -0.3 is 10.6 Å². The quantitative estimate of drug-likeness (QED) is 0.740. The Balaban J connectivity index is 1.93. The van der Waals surface area contributed by atoms with Crippen LogP contribution in [-0.2, 0) is 6.42 Å². The molecule has 1 unspecified atom stereocenters. The summed E-state index contributed by atoms with van der Waals surface area (Å²) in [5.74, 6) is -0.274. The van der Waals surface area contributed by atoms with Crippen LogP contribution in [0.25, 0.3) is 0 Å². The number of fused-ring (bicyclic) bond motifs is 1. The van der Waals surface area contributed by atoms with Gasteiger partial charge in [-0.05, 0) is 56.4 Å². The smallest absolute Gasteiger partial charge is 0.141 e. The Morgan fingerprint density at radius 1 is 1.47 bits per heavy atom. The Morgan fingerprint density at radius 2 is 2.18 bits per heavy atom. The fourth-order valence-electron chi connectivity index (χ4n) is 3.23. The molecule has 4 heteroatoms. The highest BCUT2D eigenvalue weighted by Crippen LogP contribution is 2.49. The van der Waals surface area contributed by atoms with Crippen LogP contribution in [0.15, 0.2) is 12.3 Å². The topological polar surface area (TPSA) is 42.2 Å². The summed E-state index contributed by atoms with van der Waals surface area (Å²) in [7, 11) is 2.14. The van der Waals surface area contributed by atoms with Crippen molar-refractivity contribution in [3.8, 4) is 0 Å². The second-order valence-electron chi connectivity index (χ2n) is 5.51. The number of halogens is 1. The molecule has 0 bridgehead atoms. The summed E-state index contributed by atoms with van der Waals surface area (Å²) < 4.78 is 13.2. The van der Waals surface area contributed by atoms with Crippen molar-refractivity contribution >= 4 is 0 Å². The van der Waals surface area contributed by atoms with Gasteiger partial charge in [0.05, 0.1) is 6.20 Å². The van der Waals surface area contributed by atoms with E-state index in [2.05, 4.69) is 16.9 Å². The maximum absolute atomic E-state index is 13.2. The zero-order valence-corrected chi connectivity index (χ0v) is 10.1. The molecule has 17 heavy (non-hydrogen) atoms. The molecule has 1 atom stereocenters. The van der Waals surface area contributed by atoms with Gasteiger partial charge in [-0.2, -0.15) is 0 Å². The first kappa shape index (κ1) is 11.1. The number of aromatic nitrogens is 1. The zero-order valence-electron chi connectivity index (χ0n) is 10.1. The van der Waals surface area contributed by atoms with Gasteiger partial charge in [0.25, 0.3) is 0 Å². The number of nitrogens with two attached hydrogens (primary N) is 1. The van der Waals surface area contributed by atoms with E-state index in [1.807, 2.05) is 0 Å². The summed E-state index contributed by atoms with van der Waals surface area (Å²) in [4.78, 5) is 6.54. The van der Waals surface area contributed by atoms with Gasteiger partial charge in [-0.25, -0.2) is 4.39 Å². The van der Waals surface area contributed by atoms with E-state index in [0.29, 0.717) is 0 Å². The molecular weight excluding hydrogens is 217 g/mol. The Bertz CT molecular complexity index is 438. The number of nitrogens with zero attached hydrogens (tertiary/aromatic N) is 2. The molecule has 2 aliphatic rings. The van der Waals surface area contributed by atoms with Crippen LogP contribution in [0.2, 0.25) is 0 Å². The summed E-state index contributed by atoms with van der Waals surface area (Å²) in [6.45, 7) is 2.15. The summed E-state index contributed by atoms with van der Waals surface area (Å²) in [5, 5.41) is 0. The number of hydrogen-bond donors (Lipinski definition) is 1. The van der Waals surface area contributed by atoms with Crippen molar-refractivity contribution in [3.63, 3.8) is 0 Å². The number of hydrogen-bond acceptors (Lipinski definition) is 3. The highest BCUT2D eigenvalue weighted by Gasteiger charge is 2.46. The van der Waals surface area contributed by atoms with Gasteiger partial charge in [-0.3, -0.25) is 4.98 Å². The van der Waals surface area contributed by atoms with Crippen LogP contribution in [0.1, 0.15) is 30.1 Å². The molecule has 92 valence electrons. The van der Waals surface area contributed by atoms with Crippen molar-refractivity contribution in [3.05, 3.63) is 29.3 Å². The third-order valence-corrected chi connectivity index (χ3v) is 4.47. The normalized spacial score (nSPS) is 27.4. The second-order valence-corrected chi connectivity index (χ2v) is 5.51. The number of piperidine rings is 1. The lowest BCUT2D eigenvalue weighted by Gasteiger charge is -2.40. The van der Waals surface area contributed by atoms with E-state index < -0.39 is 0 Å². The van der Waals surface area contributed by atoms with Crippen molar-refractivity contribution in [2.75, 3.05) is 20.1 Å². The van der Waals surface area contributed by atoms with Crippen LogP contribution in [0.3, 0.4) is 0 Å². The van der Waals surface area contributed by atoms with Gasteiger partial charge in [0.1, 0.15) is 5.82 Å². The van der Waals surface area contributed by atoms with Gasteiger partial charge in [-0.15, -0.1) is 0 Å². The highest BCUT2D eigenvalue weighted by molar-refractivity contribution is 5.33. The standard InChI is InChI=1S/C13H18FN3/c1-17-4-2-13(3-5-17)7-11-10(12(13)15)6-9(14)8-16-11/h6,8,12H,2-5,7,15H2,1H3. The predicted molar refractivity (Wildman–Crippen MR) is 64.0 cm³/mol. The van der Waals surface area contributed by atoms with E-state index in [-0.39, 0.29) is 17.3 Å². The number of pyridine rings is 1. The average Bonchev–Trinajstić information content (AvgIpc) is 2.58. The lowest BCUT2D eigenvalue weighted by atomic mass is 9.73. The largest absolute Gasteiger partial charge is 0.323 e. The maximum atomic E-state index is 13.2. The van der Waals surface area contributed by atoms with E-state index in [1.54, 1.807) is 6.07 Å². The molecule has 1 aliphatic heterocycles. The maximum Gasteiger partial charge on any atom is 0.141 e. The molecule has 0 amide bonds. The molecule has 1 saturated heterocycles. The minimum Gasteiger partial charge on any atom is -0.323 e.